The molecule has 0 unspecified atom stereocenters. The third-order valence-electron chi connectivity index (χ3n) is 7.04. The zero-order valence-electron chi connectivity index (χ0n) is 23.2. The van der Waals surface area contributed by atoms with Gasteiger partial charge < -0.3 is 23.4 Å². The number of aliphatic hydroxyl groups is 1. The molecule has 1 saturated heterocycles. The van der Waals surface area contributed by atoms with Crippen LogP contribution in [0.2, 0.25) is 18.1 Å². The summed E-state index contributed by atoms with van der Waals surface area (Å²) < 4.78 is 22.3. The van der Waals surface area contributed by atoms with Gasteiger partial charge in [-0.15, -0.1) is 0 Å². The normalized spacial score (nSPS) is 20.2. The number of esters is 1. The maximum absolute atomic E-state index is 11.4. The summed E-state index contributed by atoms with van der Waals surface area (Å²) >= 11 is 0. The highest BCUT2D eigenvalue weighted by Crippen LogP contribution is 2.41. The van der Waals surface area contributed by atoms with Gasteiger partial charge in [0.2, 0.25) is 5.89 Å². The van der Waals surface area contributed by atoms with Gasteiger partial charge in [-0.1, -0.05) is 58.9 Å². The van der Waals surface area contributed by atoms with E-state index in [1.54, 1.807) is 12.2 Å². The summed E-state index contributed by atoms with van der Waals surface area (Å²) in [7, 11) is -0.701. The van der Waals surface area contributed by atoms with Gasteiger partial charge in [-0.05, 0) is 43.6 Å². The largest absolute Gasteiger partial charge is 0.490 e. The van der Waals surface area contributed by atoms with Gasteiger partial charge in [-0.2, -0.15) is 0 Å². The minimum absolute atomic E-state index is 0.0116. The lowest BCUT2D eigenvalue weighted by atomic mass is 9.79. The molecule has 200 valence electrons. The van der Waals surface area contributed by atoms with E-state index in [-0.39, 0.29) is 22.9 Å². The van der Waals surface area contributed by atoms with Crippen molar-refractivity contribution in [2.24, 2.45) is 5.41 Å². The van der Waals surface area contributed by atoms with Gasteiger partial charge >= 0.3 is 5.97 Å². The summed E-state index contributed by atoms with van der Waals surface area (Å²) in [6, 6.07) is 0. The van der Waals surface area contributed by atoms with Crippen LogP contribution in [0.15, 0.2) is 52.9 Å². The highest BCUT2D eigenvalue weighted by molar-refractivity contribution is 6.74. The van der Waals surface area contributed by atoms with Crippen LogP contribution in [0.5, 0.6) is 0 Å². The fourth-order valence-corrected chi connectivity index (χ4v) is 4.73. The Balaban J connectivity index is 1.87. The van der Waals surface area contributed by atoms with Crippen LogP contribution in [0.4, 0.5) is 0 Å². The summed E-state index contributed by atoms with van der Waals surface area (Å²) in [4.78, 5) is 15.4. The van der Waals surface area contributed by atoms with E-state index in [0.29, 0.717) is 12.3 Å². The summed E-state index contributed by atoms with van der Waals surface area (Å²) in [5.74, 6) is 0.619. The molecule has 1 aromatic rings. The monoisotopic (exact) mass is 517 g/mol. The average Bonchev–Trinajstić information content (AvgIpc) is 3.23. The smallest absolute Gasteiger partial charge is 0.360 e. The van der Waals surface area contributed by atoms with Gasteiger partial charge in [0.05, 0.1) is 19.3 Å². The third-order valence-corrected chi connectivity index (χ3v) is 11.5. The molecule has 2 heterocycles. The van der Waals surface area contributed by atoms with Crippen molar-refractivity contribution in [1.29, 1.82) is 0 Å². The maximum atomic E-state index is 11.4. The second-order valence-corrected chi connectivity index (χ2v) is 16.0. The molecule has 1 aliphatic heterocycles. The Hall–Kier alpha value is -2.42. The van der Waals surface area contributed by atoms with E-state index in [0.717, 1.165) is 12.2 Å². The van der Waals surface area contributed by atoms with Crippen LogP contribution in [0.25, 0.3) is 6.08 Å². The van der Waals surface area contributed by atoms with Crippen molar-refractivity contribution < 1.29 is 28.2 Å². The number of allylic oxidation sites excluding steroid dienone is 3. The minimum Gasteiger partial charge on any atom is -0.490 e. The van der Waals surface area contributed by atoms with Crippen molar-refractivity contribution in [1.82, 2.24) is 4.98 Å². The first kappa shape index (κ1) is 29.8. The van der Waals surface area contributed by atoms with Crippen LogP contribution >= 0.6 is 0 Å². The molecule has 1 aromatic heterocycles. The van der Waals surface area contributed by atoms with Gasteiger partial charge in [0.1, 0.15) is 18.1 Å². The Bertz CT molecular complexity index is 988. The molecule has 0 spiro atoms. The molecule has 2 rings (SSSR count). The first-order valence-electron chi connectivity index (χ1n) is 12.4. The fourth-order valence-electron chi connectivity index (χ4n) is 3.36. The van der Waals surface area contributed by atoms with Gasteiger partial charge in [0.25, 0.3) is 0 Å². The van der Waals surface area contributed by atoms with Gasteiger partial charge in [-0.25, -0.2) is 9.78 Å². The van der Waals surface area contributed by atoms with Gasteiger partial charge in [0.15, 0.2) is 14.0 Å². The van der Waals surface area contributed by atoms with Crippen molar-refractivity contribution in [3.8, 4) is 0 Å². The maximum Gasteiger partial charge on any atom is 0.360 e. The van der Waals surface area contributed by atoms with Crippen molar-refractivity contribution in [2.75, 3.05) is 7.11 Å². The number of ether oxygens (including phenoxy) is 2. The SMILES string of the molecule is C/C=C/[C@H](O[Si](C)(C)C(C)(C)C)C(C)(C)[C@@H](O)C/C=C\[C@@H]1C/C(=C\C=C/c2nc(C(=O)OC)co2)O1. The van der Waals surface area contributed by atoms with E-state index in [9.17, 15) is 9.90 Å². The van der Waals surface area contributed by atoms with Crippen LogP contribution in [0.3, 0.4) is 0 Å². The van der Waals surface area contributed by atoms with E-state index in [1.165, 1.54) is 13.4 Å². The second kappa shape index (κ2) is 12.2. The Morgan fingerprint density at radius 2 is 1.97 bits per heavy atom. The number of carbonyl (C=O) groups excluding carboxylic acids is 1. The summed E-state index contributed by atoms with van der Waals surface area (Å²) in [6.45, 7) is 17.3. The highest BCUT2D eigenvalue weighted by Gasteiger charge is 2.44. The van der Waals surface area contributed by atoms with Gasteiger partial charge in [0, 0.05) is 17.9 Å². The number of aliphatic hydroxyl groups excluding tert-OH is 1. The number of hydrogen-bond donors (Lipinski definition) is 1. The number of oxazole rings is 1. The van der Waals surface area contributed by atoms with Crippen molar-refractivity contribution >= 4 is 20.4 Å². The molecule has 0 aliphatic carbocycles. The van der Waals surface area contributed by atoms with E-state index in [4.69, 9.17) is 13.6 Å². The lowest BCUT2D eigenvalue weighted by molar-refractivity contribution is -0.0183. The quantitative estimate of drug-likeness (QED) is 0.205. The van der Waals surface area contributed by atoms with Crippen molar-refractivity contribution in [3.63, 3.8) is 0 Å². The molecule has 1 fully saturated rings. The lowest BCUT2D eigenvalue weighted by Gasteiger charge is -2.45. The summed E-state index contributed by atoms with van der Waals surface area (Å²) in [6.07, 6.45) is 15.1. The molecule has 36 heavy (non-hydrogen) atoms. The van der Waals surface area contributed by atoms with Crippen molar-refractivity contribution in [3.05, 3.63) is 60.1 Å². The predicted octanol–water partition coefficient (Wildman–Crippen LogP) is 6.45. The molecule has 0 bridgehead atoms. The first-order chi connectivity index (χ1) is 16.7. The van der Waals surface area contributed by atoms with E-state index >= 15 is 0 Å². The van der Waals surface area contributed by atoms with Crippen LogP contribution in [0.1, 0.15) is 70.8 Å². The van der Waals surface area contributed by atoms with E-state index in [1.807, 2.05) is 31.2 Å². The number of methoxy groups -OCH3 is 1. The number of nitrogens with zero attached hydrogens (tertiary/aromatic N) is 1. The van der Waals surface area contributed by atoms with E-state index in [2.05, 4.69) is 63.5 Å². The Kier molecular flexibility index (Phi) is 10.1. The number of rotatable bonds is 11. The molecule has 1 aliphatic rings. The van der Waals surface area contributed by atoms with Crippen LogP contribution in [-0.2, 0) is 13.9 Å². The van der Waals surface area contributed by atoms with Gasteiger partial charge in [-0.3, -0.25) is 0 Å². The van der Waals surface area contributed by atoms with E-state index < -0.39 is 25.8 Å². The van der Waals surface area contributed by atoms with Crippen LogP contribution < -0.4 is 0 Å². The Labute approximate surface area is 217 Å². The number of carbonyl (C=O) groups is 1. The third kappa shape index (κ3) is 7.79. The molecule has 0 amide bonds. The zero-order chi connectivity index (χ0) is 27.1. The Morgan fingerprint density at radius 3 is 2.56 bits per heavy atom. The molecule has 7 nitrogen and oxygen atoms in total. The molecular weight excluding hydrogens is 474 g/mol. The first-order valence-corrected chi connectivity index (χ1v) is 15.3. The van der Waals surface area contributed by atoms with Crippen molar-refractivity contribution in [2.45, 2.75) is 90.8 Å². The van der Waals surface area contributed by atoms with Crippen LogP contribution in [0, 0.1) is 5.41 Å². The summed E-state index contributed by atoms with van der Waals surface area (Å²) in [5, 5.41) is 11.1. The lowest BCUT2D eigenvalue weighted by Crippen LogP contribution is -2.50. The molecule has 8 heteroatoms. The summed E-state index contributed by atoms with van der Waals surface area (Å²) in [5.41, 5.74) is -0.320. The second-order valence-electron chi connectivity index (χ2n) is 11.2. The number of aromatic nitrogens is 1. The highest BCUT2D eigenvalue weighted by atomic mass is 28.4. The standard InChI is InChI=1S/C28H43NO6Si/c1-10-13-24(35-36(8,9)27(2,3)4)28(5,6)23(30)16-11-14-20-18-21(34-20)15-12-17-25-29-22(19-33-25)26(31)32-7/h10-15,17,19-20,23-24,30H,16,18H2,1-9H3/b13-10+,14-11-,17-12-,21-15+/t20-,23+,24+/m1/s1. The zero-order valence-corrected chi connectivity index (χ0v) is 24.2. The molecular formula is C28H43NO6Si. The fraction of sp³-hybridized carbons (Fsp3) is 0.571. The molecule has 0 radical (unpaired) electrons. The average molecular weight is 518 g/mol. The predicted molar refractivity (Wildman–Crippen MR) is 145 cm³/mol. The Morgan fingerprint density at radius 1 is 1.31 bits per heavy atom. The molecule has 0 aromatic carbocycles. The molecule has 1 N–H and O–H groups in total. The topological polar surface area (TPSA) is 91.0 Å². The molecule has 3 atom stereocenters. The van der Waals surface area contributed by atoms with Crippen LogP contribution in [-0.4, -0.2) is 49.8 Å². The molecule has 0 saturated carbocycles. The minimum atomic E-state index is -2.00. The number of hydrogen-bond acceptors (Lipinski definition) is 7.